The Morgan fingerprint density at radius 2 is 0.722 bits per heavy atom. The van der Waals surface area contributed by atoms with Gasteiger partial charge in [-0.2, -0.15) is 0 Å². The van der Waals surface area contributed by atoms with Crippen molar-refractivity contribution >= 4 is 20.2 Å². The standard InChI is InChI=1S/2C12H10O4S.2Na/c2*13-17(14,15)12-9-5-4-8-11(12)16-10-6-2-1-3-7-10;;/h2*1-9H,(H,13,14,15);;/q;;2*+1/p-2. The van der Waals surface area contributed by atoms with E-state index in [2.05, 4.69) is 0 Å². The summed E-state index contributed by atoms with van der Waals surface area (Å²) in [6.45, 7) is 0. The predicted molar refractivity (Wildman–Crippen MR) is 122 cm³/mol. The predicted octanol–water partition coefficient (Wildman–Crippen LogP) is -1.23. The average molecular weight is 545 g/mol. The molecule has 4 aromatic rings. The molecule has 0 heterocycles. The molecular weight excluding hydrogens is 526 g/mol. The van der Waals surface area contributed by atoms with E-state index in [-0.39, 0.29) is 80.4 Å². The van der Waals surface area contributed by atoms with Gasteiger partial charge in [-0.25, -0.2) is 16.8 Å². The van der Waals surface area contributed by atoms with Crippen LogP contribution in [0.15, 0.2) is 119 Å². The Morgan fingerprint density at radius 3 is 1.03 bits per heavy atom. The van der Waals surface area contributed by atoms with Gasteiger partial charge in [0, 0.05) is 0 Å². The van der Waals surface area contributed by atoms with Crippen molar-refractivity contribution in [1.29, 1.82) is 0 Å². The molecule has 176 valence electrons. The summed E-state index contributed by atoms with van der Waals surface area (Å²) >= 11 is 0. The van der Waals surface area contributed by atoms with E-state index in [0.717, 1.165) is 0 Å². The van der Waals surface area contributed by atoms with Gasteiger partial charge in [-0.05, 0) is 48.5 Å². The zero-order valence-electron chi connectivity index (χ0n) is 19.5. The van der Waals surface area contributed by atoms with Crippen molar-refractivity contribution in [2.24, 2.45) is 0 Å². The molecule has 36 heavy (non-hydrogen) atoms. The Labute approximate surface area is 254 Å². The molecule has 0 saturated carbocycles. The number of rotatable bonds is 6. The SMILES string of the molecule is O=S(=O)([O-])c1ccccc1Oc1ccccc1.O=S(=O)([O-])c1ccccc1Oc1ccccc1.[Na+].[Na+]. The van der Waals surface area contributed by atoms with Crippen LogP contribution >= 0.6 is 0 Å². The van der Waals surface area contributed by atoms with Crippen LogP contribution in [0, 0.1) is 0 Å². The van der Waals surface area contributed by atoms with Gasteiger partial charge in [0.05, 0.1) is 9.79 Å². The summed E-state index contributed by atoms with van der Waals surface area (Å²) in [4.78, 5) is -0.715. The summed E-state index contributed by atoms with van der Waals surface area (Å²) in [6, 6.07) is 28.8. The maximum Gasteiger partial charge on any atom is 1.00 e. The van der Waals surface area contributed by atoms with Gasteiger partial charge in [0.25, 0.3) is 0 Å². The first-order chi connectivity index (χ1) is 16.1. The maximum absolute atomic E-state index is 11.0. The average Bonchev–Trinajstić information content (AvgIpc) is 2.80. The van der Waals surface area contributed by atoms with Crippen LogP contribution in [-0.4, -0.2) is 25.9 Å². The van der Waals surface area contributed by atoms with Gasteiger partial charge in [0.15, 0.2) is 0 Å². The molecule has 0 radical (unpaired) electrons. The van der Waals surface area contributed by atoms with E-state index in [1.165, 1.54) is 36.4 Å². The molecule has 0 aliphatic carbocycles. The zero-order chi connectivity index (χ0) is 24.6. The van der Waals surface area contributed by atoms with Gasteiger partial charge in [0.1, 0.15) is 43.2 Å². The van der Waals surface area contributed by atoms with Crippen LogP contribution in [0.5, 0.6) is 23.0 Å². The molecule has 0 aromatic heterocycles. The third kappa shape index (κ3) is 9.98. The molecule has 4 rings (SSSR count). The van der Waals surface area contributed by atoms with E-state index >= 15 is 0 Å². The number of hydrogen-bond donors (Lipinski definition) is 0. The van der Waals surface area contributed by atoms with Crippen molar-refractivity contribution in [2.75, 3.05) is 0 Å². The summed E-state index contributed by atoms with van der Waals surface area (Å²) in [5, 5.41) is 0. The van der Waals surface area contributed by atoms with E-state index < -0.39 is 20.2 Å². The van der Waals surface area contributed by atoms with E-state index in [1.807, 2.05) is 12.1 Å². The minimum Gasteiger partial charge on any atom is -0.744 e. The number of ether oxygens (including phenoxy) is 2. The fraction of sp³-hybridized carbons (Fsp3) is 0. The molecule has 0 spiro atoms. The second kappa shape index (κ2) is 14.9. The fourth-order valence-electron chi connectivity index (χ4n) is 2.71. The normalized spacial score (nSPS) is 10.5. The third-order valence-electron chi connectivity index (χ3n) is 4.18. The van der Waals surface area contributed by atoms with Crippen LogP contribution < -0.4 is 68.6 Å². The van der Waals surface area contributed by atoms with Crippen LogP contribution in [0.25, 0.3) is 0 Å². The van der Waals surface area contributed by atoms with Gasteiger partial charge in [0.2, 0.25) is 0 Å². The molecule has 8 nitrogen and oxygen atoms in total. The van der Waals surface area contributed by atoms with Gasteiger partial charge in [-0.1, -0.05) is 60.7 Å². The topological polar surface area (TPSA) is 133 Å². The monoisotopic (exact) mass is 544 g/mol. The zero-order valence-corrected chi connectivity index (χ0v) is 25.1. The van der Waals surface area contributed by atoms with Crippen molar-refractivity contribution in [3.05, 3.63) is 109 Å². The van der Waals surface area contributed by atoms with E-state index in [4.69, 9.17) is 9.47 Å². The van der Waals surface area contributed by atoms with Crippen LogP contribution in [0.1, 0.15) is 0 Å². The summed E-state index contributed by atoms with van der Waals surface area (Å²) in [5.74, 6) is 1.02. The molecule has 0 saturated heterocycles. The Balaban J connectivity index is 0.000000341. The first-order valence-electron chi connectivity index (χ1n) is 9.70. The molecule has 12 heteroatoms. The van der Waals surface area contributed by atoms with Gasteiger partial charge in [-0.15, -0.1) is 0 Å². The smallest absolute Gasteiger partial charge is 0.744 e. The van der Waals surface area contributed by atoms with Crippen LogP contribution in [0.4, 0.5) is 0 Å². The second-order valence-electron chi connectivity index (χ2n) is 6.63. The van der Waals surface area contributed by atoms with Crippen molar-refractivity contribution in [1.82, 2.24) is 0 Å². The van der Waals surface area contributed by atoms with Gasteiger partial charge in [-0.3, -0.25) is 0 Å². The molecular formula is C24H18Na2O8S2. The van der Waals surface area contributed by atoms with Gasteiger partial charge >= 0.3 is 59.1 Å². The molecule has 0 unspecified atom stereocenters. The summed E-state index contributed by atoms with van der Waals surface area (Å²) in [7, 11) is -9.06. The van der Waals surface area contributed by atoms with Crippen LogP contribution in [0.3, 0.4) is 0 Å². The minimum absolute atomic E-state index is 0. The molecule has 0 atom stereocenters. The molecule has 4 aromatic carbocycles. The molecule has 0 aliphatic heterocycles. The second-order valence-corrected chi connectivity index (χ2v) is 9.33. The maximum atomic E-state index is 11.0. The van der Waals surface area contributed by atoms with Crippen molar-refractivity contribution in [3.8, 4) is 23.0 Å². The Morgan fingerprint density at radius 1 is 0.444 bits per heavy atom. The van der Waals surface area contributed by atoms with Crippen molar-refractivity contribution in [2.45, 2.75) is 9.79 Å². The minimum atomic E-state index is -4.53. The molecule has 0 N–H and O–H groups in total. The van der Waals surface area contributed by atoms with Crippen molar-refractivity contribution in [3.63, 3.8) is 0 Å². The fourth-order valence-corrected chi connectivity index (χ4v) is 3.92. The Bertz CT molecular complexity index is 1330. The molecule has 0 aliphatic rings. The third-order valence-corrected chi connectivity index (χ3v) is 5.93. The number of benzene rings is 4. The quantitative estimate of drug-likeness (QED) is 0.218. The molecule has 0 fully saturated rings. The van der Waals surface area contributed by atoms with E-state index in [0.29, 0.717) is 11.5 Å². The Hall–Kier alpha value is -1.70. The summed E-state index contributed by atoms with van der Waals surface area (Å²) in [5.41, 5.74) is 0. The van der Waals surface area contributed by atoms with Crippen LogP contribution in [-0.2, 0) is 20.2 Å². The first-order valence-corrected chi connectivity index (χ1v) is 12.5. The van der Waals surface area contributed by atoms with Crippen LogP contribution in [0.2, 0.25) is 0 Å². The largest absolute Gasteiger partial charge is 1.00 e. The van der Waals surface area contributed by atoms with E-state index in [9.17, 15) is 25.9 Å². The number of para-hydroxylation sites is 4. The van der Waals surface area contributed by atoms with E-state index in [1.54, 1.807) is 60.7 Å². The Kier molecular flexibility index (Phi) is 13.4. The first kappa shape index (κ1) is 32.3. The van der Waals surface area contributed by atoms with Crippen molar-refractivity contribution < 1.29 is 94.5 Å². The summed E-state index contributed by atoms with van der Waals surface area (Å²) < 4.78 is 76.8. The summed E-state index contributed by atoms with van der Waals surface area (Å²) in [6.07, 6.45) is 0. The molecule has 0 amide bonds. The molecule has 0 bridgehead atoms. The van der Waals surface area contributed by atoms with Gasteiger partial charge < -0.3 is 18.6 Å². The number of hydrogen-bond acceptors (Lipinski definition) is 8.